The molecular weight excluding hydrogens is 394 g/mol. The fourth-order valence-corrected chi connectivity index (χ4v) is 3.20. The van der Waals surface area contributed by atoms with Crippen LogP contribution in [0.2, 0.25) is 0 Å². The van der Waals surface area contributed by atoms with Gasteiger partial charge in [-0.05, 0) is 30.8 Å². The Morgan fingerprint density at radius 1 is 1.26 bits per heavy atom. The molecule has 0 aromatic carbocycles. The van der Waals surface area contributed by atoms with E-state index in [9.17, 15) is 0 Å². The first kappa shape index (κ1) is 21.3. The molecule has 0 bridgehead atoms. The van der Waals surface area contributed by atoms with Crippen LogP contribution in [0.5, 0.6) is 0 Å². The van der Waals surface area contributed by atoms with Crippen molar-refractivity contribution in [3.63, 3.8) is 0 Å². The molecule has 1 saturated heterocycles. The third-order valence-electron chi connectivity index (χ3n) is 5.28. The van der Waals surface area contributed by atoms with Gasteiger partial charge in [0.05, 0.1) is 25.5 Å². The van der Waals surface area contributed by atoms with E-state index in [2.05, 4.69) is 50.6 Å². The van der Waals surface area contributed by atoms with Crippen molar-refractivity contribution in [2.24, 2.45) is 10.9 Å². The molecule has 1 aliphatic carbocycles. The summed E-state index contributed by atoms with van der Waals surface area (Å²) >= 11 is 0. The molecule has 4 rings (SSSR count). The number of nitrogens with one attached hydrogen (secondary N) is 2. The minimum absolute atomic E-state index is 0.324. The highest BCUT2D eigenvalue weighted by Gasteiger charge is 2.18. The van der Waals surface area contributed by atoms with Crippen LogP contribution in [0, 0.1) is 5.92 Å². The van der Waals surface area contributed by atoms with Crippen LogP contribution in [0.3, 0.4) is 0 Å². The Bertz CT molecular complexity index is 928. The van der Waals surface area contributed by atoms with Gasteiger partial charge >= 0.3 is 0 Å². The van der Waals surface area contributed by atoms with Crippen molar-refractivity contribution in [2.45, 2.75) is 39.2 Å². The van der Waals surface area contributed by atoms with E-state index in [-0.39, 0.29) is 0 Å². The lowest BCUT2D eigenvalue weighted by Crippen LogP contribution is -2.37. The van der Waals surface area contributed by atoms with Gasteiger partial charge in [-0.2, -0.15) is 9.97 Å². The van der Waals surface area contributed by atoms with Crippen LogP contribution in [0.1, 0.15) is 44.1 Å². The number of amidine groups is 1. The van der Waals surface area contributed by atoms with E-state index in [1.165, 1.54) is 12.8 Å². The molecule has 2 aromatic rings. The molecule has 2 N–H and O–H groups in total. The Hall–Kier alpha value is -2.94. The zero-order valence-corrected chi connectivity index (χ0v) is 18.5. The molecule has 2 aliphatic rings. The summed E-state index contributed by atoms with van der Waals surface area (Å²) in [5.41, 5.74) is 0.938. The number of nitrogens with zero attached hydrogens (tertiary/aromatic N) is 5. The maximum absolute atomic E-state index is 5.49. The lowest BCUT2D eigenvalue weighted by molar-refractivity contribution is 0.122. The fraction of sp³-hybridized carbons (Fsp3) is 0.545. The molecular formula is C22H31N7O2. The summed E-state index contributed by atoms with van der Waals surface area (Å²) in [5, 5.41) is 10.7. The van der Waals surface area contributed by atoms with Gasteiger partial charge in [-0.15, -0.1) is 0 Å². The summed E-state index contributed by atoms with van der Waals surface area (Å²) in [6, 6.07) is 3.92. The van der Waals surface area contributed by atoms with Crippen molar-refractivity contribution in [1.82, 2.24) is 15.1 Å². The highest BCUT2D eigenvalue weighted by atomic mass is 16.5. The summed E-state index contributed by atoms with van der Waals surface area (Å²) < 4.78 is 10.9. The minimum atomic E-state index is 0.324. The van der Waals surface area contributed by atoms with Crippen LogP contribution >= 0.6 is 0 Å². The topological polar surface area (TPSA) is 101 Å². The van der Waals surface area contributed by atoms with E-state index in [0.717, 1.165) is 36.2 Å². The number of anilines is 3. The van der Waals surface area contributed by atoms with Gasteiger partial charge in [-0.3, -0.25) is 4.99 Å². The Labute approximate surface area is 183 Å². The Morgan fingerprint density at radius 3 is 2.74 bits per heavy atom. The minimum Gasteiger partial charge on any atom is -0.378 e. The standard InChI is InChI=1S/C22H31N7O2/c1-15(2)18-12-17(31-28-18)14-24-22-26-20(25-19(23-3)7-6-16-4-5-16)13-21(27-22)29-8-10-30-11-9-29/h6-7,12-13,15-16H,4-5,8-11,14H2,1-3H3,(H2,23,24,25,26,27)/b7-6+. The predicted octanol–water partition coefficient (Wildman–Crippen LogP) is 3.44. The van der Waals surface area contributed by atoms with Crippen molar-refractivity contribution >= 4 is 23.4 Å². The van der Waals surface area contributed by atoms with Crippen molar-refractivity contribution in [3.8, 4) is 0 Å². The molecule has 9 heteroatoms. The van der Waals surface area contributed by atoms with Crippen LogP contribution in [-0.2, 0) is 11.3 Å². The summed E-state index contributed by atoms with van der Waals surface area (Å²) in [6.07, 6.45) is 6.75. The number of hydrogen-bond donors (Lipinski definition) is 2. The maximum atomic E-state index is 5.49. The Kier molecular flexibility index (Phi) is 6.81. The Morgan fingerprint density at radius 2 is 2.06 bits per heavy atom. The lowest BCUT2D eigenvalue weighted by Gasteiger charge is -2.28. The lowest BCUT2D eigenvalue weighted by atomic mass is 10.1. The van der Waals surface area contributed by atoms with E-state index in [4.69, 9.17) is 14.2 Å². The van der Waals surface area contributed by atoms with E-state index >= 15 is 0 Å². The number of rotatable bonds is 8. The molecule has 9 nitrogen and oxygen atoms in total. The van der Waals surface area contributed by atoms with Gasteiger partial charge in [0.2, 0.25) is 5.95 Å². The first-order valence-corrected chi connectivity index (χ1v) is 10.9. The fourth-order valence-electron chi connectivity index (χ4n) is 3.20. The summed E-state index contributed by atoms with van der Waals surface area (Å²) in [7, 11) is 1.78. The monoisotopic (exact) mass is 425 g/mol. The Balaban J connectivity index is 1.51. The van der Waals surface area contributed by atoms with Crippen molar-refractivity contribution < 1.29 is 9.26 Å². The molecule has 0 spiro atoms. The van der Waals surface area contributed by atoms with Gasteiger partial charge < -0.3 is 24.8 Å². The van der Waals surface area contributed by atoms with Crippen LogP contribution in [0.25, 0.3) is 0 Å². The van der Waals surface area contributed by atoms with Crippen molar-refractivity contribution in [1.29, 1.82) is 0 Å². The molecule has 0 amide bonds. The normalized spacial score (nSPS) is 17.5. The first-order valence-electron chi connectivity index (χ1n) is 10.9. The zero-order chi connectivity index (χ0) is 21.6. The first-order chi connectivity index (χ1) is 15.1. The van der Waals surface area contributed by atoms with Gasteiger partial charge in [0.25, 0.3) is 0 Å². The predicted molar refractivity (Wildman–Crippen MR) is 122 cm³/mol. The van der Waals surface area contributed by atoms with Gasteiger partial charge in [0.15, 0.2) is 5.76 Å². The highest BCUT2D eigenvalue weighted by molar-refractivity contribution is 6.03. The number of aromatic nitrogens is 3. The number of ether oxygens (including phenoxy) is 1. The van der Waals surface area contributed by atoms with Gasteiger partial charge in [0.1, 0.15) is 17.5 Å². The quantitative estimate of drug-likeness (QED) is 0.490. The molecule has 31 heavy (non-hydrogen) atoms. The molecule has 2 aromatic heterocycles. The average molecular weight is 426 g/mol. The molecule has 0 radical (unpaired) electrons. The molecule has 3 heterocycles. The molecule has 1 saturated carbocycles. The second-order valence-electron chi connectivity index (χ2n) is 8.19. The van der Waals surface area contributed by atoms with Crippen LogP contribution in [-0.4, -0.2) is 54.3 Å². The molecule has 2 fully saturated rings. The smallest absolute Gasteiger partial charge is 0.227 e. The van der Waals surface area contributed by atoms with Crippen LogP contribution in [0.15, 0.2) is 33.8 Å². The third kappa shape index (κ3) is 6.04. The molecule has 0 unspecified atom stereocenters. The largest absolute Gasteiger partial charge is 0.378 e. The average Bonchev–Trinajstić information content (AvgIpc) is 3.50. The van der Waals surface area contributed by atoms with E-state index in [1.807, 2.05) is 18.2 Å². The maximum Gasteiger partial charge on any atom is 0.227 e. The van der Waals surface area contributed by atoms with Crippen molar-refractivity contribution in [3.05, 3.63) is 35.7 Å². The van der Waals surface area contributed by atoms with Crippen LogP contribution in [0.4, 0.5) is 17.6 Å². The third-order valence-corrected chi connectivity index (χ3v) is 5.28. The van der Waals surface area contributed by atoms with Crippen molar-refractivity contribution in [2.75, 3.05) is 48.9 Å². The molecule has 166 valence electrons. The zero-order valence-electron chi connectivity index (χ0n) is 18.5. The van der Waals surface area contributed by atoms with Gasteiger partial charge in [-0.25, -0.2) is 0 Å². The van der Waals surface area contributed by atoms with Gasteiger partial charge in [0, 0.05) is 32.3 Å². The second kappa shape index (κ2) is 9.91. The summed E-state index contributed by atoms with van der Waals surface area (Å²) in [4.78, 5) is 15.9. The second-order valence-corrected chi connectivity index (χ2v) is 8.19. The summed E-state index contributed by atoms with van der Waals surface area (Å²) in [5.74, 6) is 4.61. The van der Waals surface area contributed by atoms with E-state index < -0.39 is 0 Å². The van der Waals surface area contributed by atoms with Crippen LogP contribution < -0.4 is 15.5 Å². The molecule has 1 aliphatic heterocycles. The van der Waals surface area contributed by atoms with E-state index in [0.29, 0.717) is 43.4 Å². The number of allylic oxidation sites excluding steroid dienone is 1. The molecule has 0 atom stereocenters. The number of hydrogen-bond acceptors (Lipinski definition) is 8. The highest BCUT2D eigenvalue weighted by Crippen LogP contribution is 2.30. The number of morpholine rings is 1. The summed E-state index contributed by atoms with van der Waals surface area (Å²) in [6.45, 7) is 7.62. The van der Waals surface area contributed by atoms with Gasteiger partial charge in [-0.1, -0.05) is 25.1 Å². The number of aliphatic imine (C=N–C) groups is 1. The van der Waals surface area contributed by atoms with E-state index in [1.54, 1.807) is 7.05 Å². The SMILES string of the molecule is C/N=C(\C=C\C1CC1)Nc1cc(N2CCOCC2)nc(NCc2cc(C(C)C)no2)n1.